The third kappa shape index (κ3) is 3.84. The van der Waals surface area contributed by atoms with Gasteiger partial charge in [0.1, 0.15) is 5.65 Å². The summed E-state index contributed by atoms with van der Waals surface area (Å²) in [5.41, 5.74) is 5.80. The summed E-state index contributed by atoms with van der Waals surface area (Å²) in [6, 6.07) is 8.18. The highest BCUT2D eigenvalue weighted by molar-refractivity contribution is 7.93. The molecule has 2 aliphatic heterocycles. The normalized spacial score (nSPS) is 16.9. The SMILES string of the molecule is CC(=O)N1CCC(S(=O)(=O)Nc2ccnc3c2c(-c2ccc4c(c2)N(C)CC4)cn3C)CC1. The van der Waals surface area contributed by atoms with Crippen LogP contribution in [0.3, 0.4) is 0 Å². The highest BCUT2D eigenvalue weighted by atomic mass is 32.2. The molecule has 0 radical (unpaired) electrons. The Hall–Kier alpha value is -3.07. The molecule has 8 nitrogen and oxygen atoms in total. The minimum Gasteiger partial charge on any atom is -0.374 e. The number of nitrogens with zero attached hydrogens (tertiary/aromatic N) is 4. The van der Waals surface area contributed by atoms with Crippen molar-refractivity contribution >= 4 is 38.3 Å². The van der Waals surface area contributed by atoms with Crippen LogP contribution in [0.2, 0.25) is 0 Å². The van der Waals surface area contributed by atoms with E-state index in [0.717, 1.165) is 35.1 Å². The zero-order valence-electron chi connectivity index (χ0n) is 19.2. The number of amides is 1. The molecule has 0 saturated carbocycles. The third-order valence-electron chi connectivity index (χ3n) is 6.96. The molecule has 9 heteroatoms. The maximum atomic E-state index is 13.3. The first-order valence-corrected chi connectivity index (χ1v) is 12.8. The van der Waals surface area contributed by atoms with E-state index in [9.17, 15) is 13.2 Å². The van der Waals surface area contributed by atoms with Gasteiger partial charge in [0, 0.05) is 64.3 Å². The molecule has 174 valence electrons. The van der Waals surface area contributed by atoms with Crippen molar-refractivity contribution in [3.8, 4) is 11.1 Å². The Morgan fingerprint density at radius 2 is 1.88 bits per heavy atom. The first-order valence-electron chi connectivity index (χ1n) is 11.3. The van der Waals surface area contributed by atoms with Crippen LogP contribution in [0, 0.1) is 0 Å². The van der Waals surface area contributed by atoms with Gasteiger partial charge in [-0.1, -0.05) is 12.1 Å². The van der Waals surface area contributed by atoms with E-state index in [2.05, 4.69) is 39.9 Å². The molecule has 1 N–H and O–H groups in total. The van der Waals surface area contributed by atoms with Gasteiger partial charge in [-0.25, -0.2) is 13.4 Å². The second-order valence-corrected chi connectivity index (χ2v) is 11.0. The zero-order valence-corrected chi connectivity index (χ0v) is 20.0. The van der Waals surface area contributed by atoms with Crippen molar-refractivity contribution in [3.63, 3.8) is 0 Å². The number of carbonyl (C=O) groups is 1. The number of aryl methyl sites for hydroxylation is 1. The van der Waals surface area contributed by atoms with E-state index in [4.69, 9.17) is 0 Å². The van der Waals surface area contributed by atoms with Crippen LogP contribution in [0.4, 0.5) is 11.4 Å². The van der Waals surface area contributed by atoms with Gasteiger partial charge in [0.05, 0.1) is 16.3 Å². The summed E-state index contributed by atoms with van der Waals surface area (Å²) in [5, 5.41) is 0.266. The number of aromatic nitrogens is 2. The summed E-state index contributed by atoms with van der Waals surface area (Å²) < 4.78 is 31.4. The maximum Gasteiger partial charge on any atom is 0.235 e. The molecule has 1 amide bonds. The van der Waals surface area contributed by atoms with Gasteiger partial charge >= 0.3 is 0 Å². The van der Waals surface area contributed by atoms with E-state index in [0.29, 0.717) is 31.6 Å². The number of likely N-dealkylation sites (N-methyl/N-ethyl adjacent to an activating group) is 1. The van der Waals surface area contributed by atoms with Crippen molar-refractivity contribution in [2.24, 2.45) is 7.05 Å². The second kappa shape index (κ2) is 8.06. The van der Waals surface area contributed by atoms with Crippen molar-refractivity contribution in [1.29, 1.82) is 0 Å². The van der Waals surface area contributed by atoms with Crippen molar-refractivity contribution in [1.82, 2.24) is 14.5 Å². The number of rotatable bonds is 4. The Labute approximate surface area is 194 Å². The summed E-state index contributed by atoms with van der Waals surface area (Å²) in [6.07, 6.45) is 5.55. The van der Waals surface area contributed by atoms with Gasteiger partial charge in [0.25, 0.3) is 0 Å². The van der Waals surface area contributed by atoms with Crippen LogP contribution in [0.1, 0.15) is 25.3 Å². The Morgan fingerprint density at radius 1 is 1.12 bits per heavy atom. The van der Waals surface area contributed by atoms with E-state index in [1.54, 1.807) is 17.2 Å². The van der Waals surface area contributed by atoms with Crippen molar-refractivity contribution in [2.75, 3.05) is 36.3 Å². The van der Waals surface area contributed by atoms with Gasteiger partial charge in [-0.2, -0.15) is 0 Å². The standard InChI is InChI=1S/C24H29N5O3S/c1-16(30)29-12-8-19(9-13-29)33(31,32)26-21-6-10-25-24-23(21)20(15-28(24)3)18-5-4-17-7-11-27(2)22(17)14-18/h4-6,10,14-15,19H,7-9,11-13H2,1-3H3,(H,25,26). The molecule has 0 bridgehead atoms. The lowest BCUT2D eigenvalue weighted by Crippen LogP contribution is -2.43. The molecule has 1 aromatic carbocycles. The lowest BCUT2D eigenvalue weighted by molar-refractivity contribution is -0.129. The first-order chi connectivity index (χ1) is 15.7. The average Bonchev–Trinajstić information content (AvgIpc) is 3.34. The molecule has 2 aromatic heterocycles. The van der Waals surface area contributed by atoms with Crippen LogP contribution in [0.5, 0.6) is 0 Å². The molecular weight excluding hydrogens is 438 g/mol. The van der Waals surface area contributed by atoms with E-state index in [1.165, 1.54) is 18.2 Å². The lowest BCUT2D eigenvalue weighted by Gasteiger charge is -2.31. The minimum atomic E-state index is -3.62. The number of likely N-dealkylation sites (tertiary alicyclic amines) is 1. The number of piperidine rings is 1. The van der Waals surface area contributed by atoms with E-state index in [-0.39, 0.29) is 5.91 Å². The first kappa shape index (κ1) is 21.8. The molecule has 0 atom stereocenters. The monoisotopic (exact) mass is 467 g/mol. The number of benzene rings is 1. The molecule has 5 rings (SSSR count). The molecule has 1 fully saturated rings. The quantitative estimate of drug-likeness (QED) is 0.637. The zero-order chi connectivity index (χ0) is 23.3. The van der Waals surface area contributed by atoms with Gasteiger partial charge in [-0.05, 0) is 42.5 Å². The number of fused-ring (bicyclic) bond motifs is 2. The number of hydrogen-bond donors (Lipinski definition) is 1. The van der Waals surface area contributed by atoms with Gasteiger partial charge in [0.15, 0.2) is 0 Å². The third-order valence-corrected chi connectivity index (χ3v) is 8.81. The molecule has 0 aliphatic carbocycles. The molecule has 2 aliphatic rings. The van der Waals surface area contributed by atoms with Gasteiger partial charge in [-0.15, -0.1) is 0 Å². The summed E-state index contributed by atoms with van der Waals surface area (Å²) in [6.45, 7) is 3.45. The number of anilines is 2. The van der Waals surface area contributed by atoms with Crippen LogP contribution in [0.15, 0.2) is 36.7 Å². The Bertz CT molecular complexity index is 1340. The molecule has 33 heavy (non-hydrogen) atoms. The van der Waals surface area contributed by atoms with E-state index >= 15 is 0 Å². The highest BCUT2D eigenvalue weighted by Crippen LogP contribution is 2.38. The Balaban J connectivity index is 1.51. The number of pyridine rings is 1. The topological polar surface area (TPSA) is 87.5 Å². The van der Waals surface area contributed by atoms with Crippen LogP contribution in [-0.2, 0) is 28.3 Å². The fourth-order valence-electron chi connectivity index (χ4n) is 5.03. The fraction of sp³-hybridized carbons (Fsp3) is 0.417. The summed E-state index contributed by atoms with van der Waals surface area (Å²) >= 11 is 0. The van der Waals surface area contributed by atoms with E-state index in [1.807, 2.05) is 17.8 Å². The number of hydrogen-bond acceptors (Lipinski definition) is 5. The second-order valence-electron chi connectivity index (χ2n) is 9.08. The predicted molar refractivity (Wildman–Crippen MR) is 131 cm³/mol. The predicted octanol–water partition coefficient (Wildman–Crippen LogP) is 2.99. The average molecular weight is 468 g/mol. The maximum absolute atomic E-state index is 13.3. The lowest BCUT2D eigenvalue weighted by atomic mass is 10.0. The molecule has 0 unspecified atom stereocenters. The highest BCUT2D eigenvalue weighted by Gasteiger charge is 2.31. The number of carbonyl (C=O) groups excluding carboxylic acids is 1. The van der Waals surface area contributed by atoms with Crippen LogP contribution in [0.25, 0.3) is 22.2 Å². The minimum absolute atomic E-state index is 0.0106. The van der Waals surface area contributed by atoms with Gasteiger partial charge < -0.3 is 14.4 Å². The van der Waals surface area contributed by atoms with Crippen molar-refractivity contribution in [2.45, 2.75) is 31.4 Å². The molecule has 3 aromatic rings. The largest absolute Gasteiger partial charge is 0.374 e. The van der Waals surface area contributed by atoms with Crippen LogP contribution < -0.4 is 9.62 Å². The molecule has 4 heterocycles. The molecular formula is C24H29N5O3S. The Morgan fingerprint density at radius 3 is 2.61 bits per heavy atom. The fourth-order valence-corrected chi connectivity index (χ4v) is 6.51. The van der Waals surface area contributed by atoms with E-state index < -0.39 is 15.3 Å². The van der Waals surface area contributed by atoms with Gasteiger partial charge in [-0.3, -0.25) is 9.52 Å². The molecule has 0 spiro atoms. The van der Waals surface area contributed by atoms with Crippen molar-refractivity contribution in [3.05, 3.63) is 42.2 Å². The summed E-state index contributed by atoms with van der Waals surface area (Å²) in [7, 11) is 0.401. The summed E-state index contributed by atoms with van der Waals surface area (Å²) in [5.74, 6) is -0.0106. The smallest absolute Gasteiger partial charge is 0.235 e. The van der Waals surface area contributed by atoms with Crippen molar-refractivity contribution < 1.29 is 13.2 Å². The Kier molecular flexibility index (Phi) is 5.31. The number of nitrogens with one attached hydrogen (secondary N) is 1. The summed E-state index contributed by atoms with van der Waals surface area (Å²) in [4.78, 5) is 20.1. The van der Waals surface area contributed by atoms with Gasteiger partial charge in [0.2, 0.25) is 15.9 Å². The number of sulfonamides is 1. The van der Waals surface area contributed by atoms with Crippen LogP contribution >= 0.6 is 0 Å². The molecule has 1 saturated heterocycles. The van der Waals surface area contributed by atoms with Crippen LogP contribution in [-0.4, -0.2) is 60.7 Å².